The van der Waals surface area contributed by atoms with Crippen LogP contribution in [0.1, 0.15) is 15.9 Å². The molecule has 0 radical (unpaired) electrons. The molecule has 110 valence electrons. The predicted molar refractivity (Wildman–Crippen MR) is 76.5 cm³/mol. The van der Waals surface area contributed by atoms with Gasteiger partial charge in [-0.3, -0.25) is 0 Å². The van der Waals surface area contributed by atoms with Crippen LogP contribution < -0.4 is 5.32 Å². The zero-order valence-electron chi connectivity index (χ0n) is 10.5. The molecule has 3 N–H and O–H groups in total. The van der Waals surface area contributed by atoms with Crippen molar-refractivity contribution in [1.82, 2.24) is 0 Å². The number of aromatic hydroxyl groups is 1. The summed E-state index contributed by atoms with van der Waals surface area (Å²) in [5.41, 5.74) is 0.00376. The monoisotopic (exact) mass is 357 g/mol. The van der Waals surface area contributed by atoms with Gasteiger partial charge in [-0.05, 0) is 39.7 Å². The molecule has 0 aromatic heterocycles. The molecule has 0 saturated carbocycles. The number of anilines is 1. The SMILES string of the molecule is O=C(O)c1cc(NCc2ccc(O)c(Br)c2)c(F)cc1F. The van der Waals surface area contributed by atoms with E-state index >= 15 is 0 Å². The Kier molecular flexibility index (Phi) is 4.42. The first kappa shape index (κ1) is 15.2. The number of benzene rings is 2. The fraction of sp³-hybridized carbons (Fsp3) is 0.0714. The van der Waals surface area contributed by atoms with E-state index < -0.39 is 23.2 Å². The number of nitrogens with one attached hydrogen (secondary N) is 1. The van der Waals surface area contributed by atoms with Crippen LogP contribution in [0.3, 0.4) is 0 Å². The molecule has 2 rings (SSSR count). The van der Waals surface area contributed by atoms with Crippen LogP contribution in [-0.4, -0.2) is 16.2 Å². The number of phenolic OH excluding ortho intramolecular Hbond substituents is 1. The number of carboxylic acids is 1. The normalized spacial score (nSPS) is 10.4. The van der Waals surface area contributed by atoms with Crippen LogP contribution in [0, 0.1) is 11.6 Å². The minimum atomic E-state index is -1.47. The molecule has 0 bridgehead atoms. The van der Waals surface area contributed by atoms with Gasteiger partial charge < -0.3 is 15.5 Å². The van der Waals surface area contributed by atoms with Crippen molar-refractivity contribution in [3.63, 3.8) is 0 Å². The molecule has 0 saturated heterocycles. The van der Waals surface area contributed by atoms with Crippen LogP contribution in [0.5, 0.6) is 5.75 Å². The molecule has 2 aromatic rings. The molecule has 4 nitrogen and oxygen atoms in total. The fourth-order valence-electron chi connectivity index (χ4n) is 1.71. The molecule has 0 atom stereocenters. The third-order valence-electron chi connectivity index (χ3n) is 2.78. The molecule has 0 heterocycles. The van der Waals surface area contributed by atoms with E-state index in [0.29, 0.717) is 10.5 Å². The van der Waals surface area contributed by atoms with Gasteiger partial charge >= 0.3 is 5.97 Å². The molecule has 0 unspecified atom stereocenters. The molecule has 0 aliphatic rings. The summed E-state index contributed by atoms with van der Waals surface area (Å²) in [6, 6.07) is 6.14. The van der Waals surface area contributed by atoms with Gasteiger partial charge in [-0.15, -0.1) is 0 Å². The maximum atomic E-state index is 13.6. The Morgan fingerprint density at radius 1 is 1.19 bits per heavy atom. The maximum absolute atomic E-state index is 13.6. The Bertz CT molecular complexity index is 707. The molecule has 0 aliphatic carbocycles. The molecule has 0 fully saturated rings. The number of phenols is 1. The second kappa shape index (κ2) is 6.09. The topological polar surface area (TPSA) is 69.6 Å². The minimum Gasteiger partial charge on any atom is -0.507 e. The summed E-state index contributed by atoms with van der Waals surface area (Å²) in [6.45, 7) is 0.181. The Labute approximate surface area is 127 Å². The zero-order chi connectivity index (χ0) is 15.6. The highest BCUT2D eigenvalue weighted by atomic mass is 79.9. The lowest BCUT2D eigenvalue weighted by Gasteiger charge is -2.10. The van der Waals surface area contributed by atoms with E-state index in [1.807, 2.05) is 0 Å². The largest absolute Gasteiger partial charge is 0.507 e. The van der Waals surface area contributed by atoms with Crippen molar-refractivity contribution in [2.45, 2.75) is 6.54 Å². The fourth-order valence-corrected chi connectivity index (χ4v) is 2.13. The molecular weight excluding hydrogens is 348 g/mol. The van der Waals surface area contributed by atoms with Gasteiger partial charge in [0.25, 0.3) is 0 Å². The summed E-state index contributed by atoms with van der Waals surface area (Å²) in [4.78, 5) is 10.8. The number of carboxylic acid groups (broad SMARTS) is 1. The Morgan fingerprint density at radius 2 is 1.90 bits per heavy atom. The number of aromatic carboxylic acids is 1. The van der Waals surface area contributed by atoms with Crippen molar-refractivity contribution in [1.29, 1.82) is 0 Å². The highest BCUT2D eigenvalue weighted by Gasteiger charge is 2.15. The van der Waals surface area contributed by atoms with Gasteiger partial charge in [-0.1, -0.05) is 6.07 Å². The first-order valence-corrected chi connectivity index (χ1v) is 6.61. The van der Waals surface area contributed by atoms with E-state index in [2.05, 4.69) is 21.2 Å². The summed E-state index contributed by atoms with van der Waals surface area (Å²) in [7, 11) is 0. The standard InChI is InChI=1S/C14H10BrF2NO3/c15-9-3-7(1-2-13(9)19)6-18-12-4-8(14(20)21)10(16)5-11(12)17/h1-5,18-19H,6H2,(H,20,21). The quantitative estimate of drug-likeness (QED) is 0.779. The maximum Gasteiger partial charge on any atom is 0.338 e. The lowest BCUT2D eigenvalue weighted by molar-refractivity contribution is 0.0692. The average Bonchev–Trinajstić information content (AvgIpc) is 2.41. The van der Waals surface area contributed by atoms with Crippen molar-refractivity contribution < 1.29 is 23.8 Å². The van der Waals surface area contributed by atoms with Crippen molar-refractivity contribution in [2.24, 2.45) is 0 Å². The molecule has 7 heteroatoms. The molecule has 21 heavy (non-hydrogen) atoms. The molecule has 0 spiro atoms. The lowest BCUT2D eigenvalue weighted by Crippen LogP contribution is -2.06. The van der Waals surface area contributed by atoms with Gasteiger partial charge in [0, 0.05) is 12.6 Å². The van der Waals surface area contributed by atoms with Crippen LogP contribution in [0.15, 0.2) is 34.8 Å². The van der Waals surface area contributed by atoms with Gasteiger partial charge in [0.2, 0.25) is 0 Å². The van der Waals surface area contributed by atoms with Crippen molar-refractivity contribution in [2.75, 3.05) is 5.32 Å². The van der Waals surface area contributed by atoms with Gasteiger partial charge in [-0.25, -0.2) is 13.6 Å². The third-order valence-corrected chi connectivity index (χ3v) is 3.42. The Morgan fingerprint density at radius 3 is 2.52 bits per heavy atom. The lowest BCUT2D eigenvalue weighted by atomic mass is 10.1. The summed E-state index contributed by atoms with van der Waals surface area (Å²) in [6.07, 6.45) is 0. The van der Waals surface area contributed by atoms with Crippen molar-refractivity contribution in [3.8, 4) is 5.75 Å². The van der Waals surface area contributed by atoms with Crippen molar-refractivity contribution in [3.05, 3.63) is 57.6 Å². The summed E-state index contributed by atoms with van der Waals surface area (Å²) in [5, 5.41) is 20.9. The Hall–Kier alpha value is -2.15. The van der Waals surface area contributed by atoms with E-state index in [4.69, 9.17) is 5.11 Å². The number of hydrogen-bond acceptors (Lipinski definition) is 3. The second-order valence-electron chi connectivity index (χ2n) is 4.26. The minimum absolute atomic E-state index is 0.0693. The van der Waals surface area contributed by atoms with E-state index in [9.17, 15) is 18.7 Å². The number of halogens is 3. The first-order valence-electron chi connectivity index (χ1n) is 5.82. The number of carbonyl (C=O) groups is 1. The molecular formula is C14H10BrF2NO3. The van der Waals surface area contributed by atoms with Gasteiger partial charge in [0.1, 0.15) is 17.4 Å². The molecule has 2 aromatic carbocycles. The summed E-state index contributed by atoms with van der Waals surface area (Å²) in [5.74, 6) is -3.41. The average molecular weight is 358 g/mol. The van der Waals surface area contributed by atoms with Crippen LogP contribution in [0.2, 0.25) is 0 Å². The van der Waals surface area contributed by atoms with E-state index in [1.54, 1.807) is 12.1 Å². The molecule has 0 aliphatic heterocycles. The van der Waals surface area contributed by atoms with Gasteiger partial charge in [0.05, 0.1) is 15.7 Å². The highest BCUT2D eigenvalue weighted by molar-refractivity contribution is 9.10. The summed E-state index contributed by atoms with van der Waals surface area (Å²) < 4.78 is 27.3. The first-order chi connectivity index (χ1) is 9.88. The van der Waals surface area contributed by atoms with Crippen LogP contribution in [0.4, 0.5) is 14.5 Å². The second-order valence-corrected chi connectivity index (χ2v) is 5.11. The molecule has 0 amide bonds. The smallest absolute Gasteiger partial charge is 0.338 e. The predicted octanol–water partition coefficient (Wildman–Crippen LogP) is 3.74. The third kappa shape index (κ3) is 3.49. The van der Waals surface area contributed by atoms with Crippen molar-refractivity contribution >= 4 is 27.6 Å². The van der Waals surface area contributed by atoms with Crippen LogP contribution >= 0.6 is 15.9 Å². The van der Waals surface area contributed by atoms with Crippen LogP contribution in [0.25, 0.3) is 0 Å². The van der Waals surface area contributed by atoms with E-state index in [0.717, 1.165) is 11.6 Å². The summed E-state index contributed by atoms with van der Waals surface area (Å²) >= 11 is 3.15. The van der Waals surface area contributed by atoms with E-state index in [1.165, 1.54) is 6.07 Å². The number of hydrogen-bond donors (Lipinski definition) is 3. The van der Waals surface area contributed by atoms with Gasteiger partial charge in [0.15, 0.2) is 0 Å². The highest BCUT2D eigenvalue weighted by Crippen LogP contribution is 2.25. The van der Waals surface area contributed by atoms with Gasteiger partial charge in [-0.2, -0.15) is 0 Å². The zero-order valence-corrected chi connectivity index (χ0v) is 12.1. The van der Waals surface area contributed by atoms with E-state index in [-0.39, 0.29) is 18.0 Å². The number of rotatable bonds is 4. The van der Waals surface area contributed by atoms with Crippen LogP contribution in [-0.2, 0) is 6.54 Å². The Balaban J connectivity index is 2.21.